The Kier molecular flexibility index (Phi) is 10.5. The van der Waals surface area contributed by atoms with Gasteiger partial charge in [0.1, 0.15) is 13.2 Å². The summed E-state index contributed by atoms with van der Waals surface area (Å²) in [4.78, 5) is 38.4. The smallest absolute Gasteiger partial charge is 0.429 e. The number of esters is 1. The lowest BCUT2D eigenvalue weighted by Crippen LogP contribution is -2.58. The molecule has 0 bridgehead atoms. The molecule has 0 fully saturated rings. The average Bonchev–Trinajstić information content (AvgIpc) is 2.94. The number of ether oxygens (including phenoxy) is 3. The number of hydrazine groups is 1. The zero-order chi connectivity index (χ0) is 26.5. The van der Waals surface area contributed by atoms with Gasteiger partial charge in [-0.1, -0.05) is 91.0 Å². The van der Waals surface area contributed by atoms with E-state index in [2.05, 4.69) is 5.43 Å². The highest BCUT2D eigenvalue weighted by atomic mass is 16.6. The lowest BCUT2D eigenvalue weighted by molar-refractivity contribution is -0.157. The van der Waals surface area contributed by atoms with E-state index in [0.29, 0.717) is 11.1 Å². The van der Waals surface area contributed by atoms with Gasteiger partial charge in [-0.15, -0.1) is 0 Å². The van der Waals surface area contributed by atoms with Gasteiger partial charge in [-0.3, -0.25) is 0 Å². The van der Waals surface area contributed by atoms with Crippen LogP contribution in [0.3, 0.4) is 0 Å². The third-order valence-electron chi connectivity index (χ3n) is 5.34. The molecule has 0 radical (unpaired) electrons. The summed E-state index contributed by atoms with van der Waals surface area (Å²) in [5.41, 5.74) is 4.51. The van der Waals surface area contributed by atoms with Crippen LogP contribution in [0, 0.1) is 0 Å². The number of hydrogen-bond donors (Lipinski definition) is 2. The Morgan fingerprint density at radius 3 is 1.76 bits per heavy atom. The summed E-state index contributed by atoms with van der Waals surface area (Å²) in [6, 6.07) is 25.6. The van der Waals surface area contributed by atoms with Crippen LogP contribution in [0.15, 0.2) is 91.0 Å². The fourth-order valence-electron chi connectivity index (χ4n) is 3.49. The molecule has 9 heteroatoms. The minimum Gasteiger partial charge on any atom is -0.464 e. The molecule has 2 unspecified atom stereocenters. The average molecular weight is 507 g/mol. The highest BCUT2D eigenvalue weighted by Crippen LogP contribution is 2.16. The molecule has 2 atom stereocenters. The maximum absolute atomic E-state index is 13.2. The highest BCUT2D eigenvalue weighted by Gasteiger charge is 2.37. The Morgan fingerprint density at radius 2 is 1.24 bits per heavy atom. The summed E-state index contributed by atoms with van der Waals surface area (Å²) >= 11 is 0. The van der Waals surface area contributed by atoms with Gasteiger partial charge >= 0.3 is 18.2 Å². The van der Waals surface area contributed by atoms with Gasteiger partial charge in [-0.2, -0.15) is 0 Å². The van der Waals surface area contributed by atoms with Crippen LogP contribution >= 0.6 is 0 Å². The van der Waals surface area contributed by atoms with Crippen molar-refractivity contribution in [3.63, 3.8) is 0 Å². The van der Waals surface area contributed by atoms with Crippen LogP contribution in [0.5, 0.6) is 0 Å². The molecule has 3 aromatic rings. The predicted octanol–water partition coefficient (Wildman–Crippen LogP) is 4.00. The number of nitrogens with zero attached hydrogens (tertiary/aromatic N) is 1. The second kappa shape index (κ2) is 14.3. The number of carbonyl (C=O) groups excluding carboxylic acids is 3. The van der Waals surface area contributed by atoms with Gasteiger partial charge in [-0.25, -0.2) is 24.8 Å². The van der Waals surface area contributed by atoms with Gasteiger partial charge in [0.05, 0.1) is 12.6 Å². The molecular formula is C28H30N2O7. The van der Waals surface area contributed by atoms with E-state index in [1.165, 1.54) is 0 Å². The first-order valence-electron chi connectivity index (χ1n) is 11.8. The Bertz CT molecular complexity index is 1130. The second-order valence-electron chi connectivity index (χ2n) is 8.04. The van der Waals surface area contributed by atoms with Crippen LogP contribution in [0.2, 0.25) is 0 Å². The van der Waals surface area contributed by atoms with Crippen LogP contribution in [0.4, 0.5) is 9.59 Å². The minimum atomic E-state index is -1.78. The second-order valence-corrected chi connectivity index (χ2v) is 8.04. The van der Waals surface area contributed by atoms with Crippen molar-refractivity contribution >= 4 is 18.2 Å². The Hall–Kier alpha value is -4.37. The number of benzene rings is 3. The molecule has 194 valence electrons. The van der Waals surface area contributed by atoms with Gasteiger partial charge < -0.3 is 19.3 Å². The van der Waals surface area contributed by atoms with E-state index in [1.807, 2.05) is 18.2 Å². The van der Waals surface area contributed by atoms with Crippen molar-refractivity contribution in [1.82, 2.24) is 10.4 Å². The largest absolute Gasteiger partial charge is 0.464 e. The van der Waals surface area contributed by atoms with Crippen molar-refractivity contribution < 1.29 is 33.7 Å². The van der Waals surface area contributed by atoms with Crippen LogP contribution in [0.1, 0.15) is 23.6 Å². The van der Waals surface area contributed by atoms with Gasteiger partial charge in [0.2, 0.25) is 0 Å². The van der Waals surface area contributed by atoms with Crippen molar-refractivity contribution in [2.24, 2.45) is 0 Å². The molecule has 0 aromatic heterocycles. The van der Waals surface area contributed by atoms with Crippen molar-refractivity contribution in [3.05, 3.63) is 108 Å². The van der Waals surface area contributed by atoms with E-state index in [1.54, 1.807) is 79.7 Å². The molecule has 0 aliphatic rings. The van der Waals surface area contributed by atoms with Crippen LogP contribution in [-0.4, -0.2) is 47.0 Å². The van der Waals surface area contributed by atoms with E-state index >= 15 is 0 Å². The standard InChI is InChI=1S/C28H30N2O7/c1-2-35-26(32)25(31)24(18-21-12-6-3-7-13-21)30(28(34)37-20-23-16-10-5-11-17-23)29-27(33)36-19-22-14-8-4-9-15-22/h3-17,24-25,31H,2,18-20H2,1H3,(H,29,33). The van der Waals surface area contributed by atoms with E-state index in [-0.39, 0.29) is 26.2 Å². The summed E-state index contributed by atoms with van der Waals surface area (Å²) in [5, 5.41) is 11.7. The first kappa shape index (κ1) is 27.2. The Balaban J connectivity index is 1.83. The first-order valence-corrected chi connectivity index (χ1v) is 11.8. The van der Waals surface area contributed by atoms with Crippen molar-refractivity contribution in [3.8, 4) is 0 Å². The summed E-state index contributed by atoms with van der Waals surface area (Å²) in [6.45, 7) is 1.48. The fourth-order valence-corrected chi connectivity index (χ4v) is 3.49. The molecule has 0 aliphatic heterocycles. The summed E-state index contributed by atoms with van der Waals surface area (Å²) in [5.74, 6) is -0.941. The summed E-state index contributed by atoms with van der Waals surface area (Å²) in [6.07, 6.45) is -3.71. The number of nitrogens with one attached hydrogen (secondary N) is 1. The fraction of sp³-hybridized carbons (Fsp3) is 0.250. The van der Waals surface area contributed by atoms with E-state index in [9.17, 15) is 19.5 Å². The molecule has 0 aliphatic carbocycles. The molecule has 2 N–H and O–H groups in total. The van der Waals surface area contributed by atoms with Crippen molar-refractivity contribution in [2.75, 3.05) is 6.61 Å². The molecule has 2 amide bonds. The van der Waals surface area contributed by atoms with Crippen molar-refractivity contribution in [1.29, 1.82) is 0 Å². The molecule has 3 aromatic carbocycles. The van der Waals surface area contributed by atoms with Gasteiger partial charge in [-0.05, 0) is 30.0 Å². The predicted molar refractivity (Wildman–Crippen MR) is 135 cm³/mol. The molecule has 0 saturated carbocycles. The third kappa shape index (κ3) is 8.66. The lowest BCUT2D eigenvalue weighted by atomic mass is 10.0. The number of rotatable bonds is 10. The molecule has 9 nitrogen and oxygen atoms in total. The summed E-state index contributed by atoms with van der Waals surface area (Å²) in [7, 11) is 0. The Morgan fingerprint density at radius 1 is 0.757 bits per heavy atom. The van der Waals surface area contributed by atoms with Crippen LogP contribution in [-0.2, 0) is 38.6 Å². The third-order valence-corrected chi connectivity index (χ3v) is 5.34. The molecule has 0 saturated heterocycles. The molecule has 0 spiro atoms. The molecule has 37 heavy (non-hydrogen) atoms. The molecule has 3 rings (SSSR count). The van der Waals surface area contributed by atoms with E-state index in [0.717, 1.165) is 10.6 Å². The first-order chi connectivity index (χ1) is 18.0. The van der Waals surface area contributed by atoms with E-state index < -0.39 is 30.3 Å². The zero-order valence-electron chi connectivity index (χ0n) is 20.5. The van der Waals surface area contributed by atoms with Crippen molar-refractivity contribution in [2.45, 2.75) is 38.7 Å². The Labute approximate surface area is 215 Å². The highest BCUT2D eigenvalue weighted by molar-refractivity contribution is 5.78. The normalized spacial score (nSPS) is 12.1. The topological polar surface area (TPSA) is 114 Å². The van der Waals surface area contributed by atoms with Gasteiger partial charge in [0.15, 0.2) is 6.10 Å². The number of amides is 2. The number of aliphatic hydroxyl groups is 1. The van der Waals surface area contributed by atoms with Gasteiger partial charge in [0, 0.05) is 0 Å². The van der Waals surface area contributed by atoms with Gasteiger partial charge in [0.25, 0.3) is 0 Å². The lowest BCUT2D eigenvalue weighted by Gasteiger charge is -2.32. The number of aliphatic hydroxyl groups excluding tert-OH is 1. The minimum absolute atomic E-state index is 0.0141. The summed E-state index contributed by atoms with van der Waals surface area (Å²) < 4.78 is 15.7. The maximum atomic E-state index is 13.2. The quantitative estimate of drug-likeness (QED) is 0.243. The SMILES string of the molecule is CCOC(=O)C(O)C(Cc1ccccc1)N(NC(=O)OCc1ccccc1)C(=O)OCc1ccccc1. The maximum Gasteiger partial charge on any atom is 0.429 e. The van der Waals surface area contributed by atoms with Crippen LogP contribution in [0.25, 0.3) is 0 Å². The van der Waals surface area contributed by atoms with Crippen LogP contribution < -0.4 is 5.43 Å². The monoisotopic (exact) mass is 506 g/mol. The van der Waals surface area contributed by atoms with E-state index in [4.69, 9.17) is 14.2 Å². The number of hydrogen-bond acceptors (Lipinski definition) is 7. The zero-order valence-corrected chi connectivity index (χ0v) is 20.5. The molecule has 0 heterocycles. The molecular weight excluding hydrogens is 476 g/mol. The number of carbonyl (C=O) groups is 3.